The van der Waals surface area contributed by atoms with Gasteiger partial charge in [-0.3, -0.25) is 14.2 Å². The second-order valence-electron chi connectivity index (χ2n) is 3.03. The molecule has 0 fully saturated rings. The average molecular weight is 198 g/mol. The van der Waals surface area contributed by atoms with Crippen molar-refractivity contribution in [1.82, 2.24) is 9.36 Å². The lowest BCUT2D eigenvalue weighted by molar-refractivity contribution is 0.0523. The highest BCUT2D eigenvalue weighted by molar-refractivity contribution is 5.90. The maximum atomic E-state index is 11.6. The summed E-state index contributed by atoms with van der Waals surface area (Å²) in [6.45, 7) is 3.70. The largest absolute Gasteiger partial charge is 0.462 e. The van der Waals surface area contributed by atoms with Crippen LogP contribution in [0.2, 0.25) is 0 Å². The molecular formula is C9H14N2O3. The van der Waals surface area contributed by atoms with E-state index in [1.165, 1.54) is 4.68 Å². The second-order valence-corrected chi connectivity index (χ2v) is 3.03. The molecule has 5 heteroatoms. The molecule has 78 valence electrons. The molecular weight excluding hydrogens is 184 g/mol. The van der Waals surface area contributed by atoms with Crippen LogP contribution in [0.1, 0.15) is 23.0 Å². The molecule has 0 aliphatic heterocycles. The first-order valence-corrected chi connectivity index (χ1v) is 4.40. The Morgan fingerprint density at radius 1 is 1.36 bits per heavy atom. The van der Waals surface area contributed by atoms with E-state index in [2.05, 4.69) is 0 Å². The minimum atomic E-state index is -0.550. The molecule has 5 nitrogen and oxygen atoms in total. The van der Waals surface area contributed by atoms with Gasteiger partial charge in [0.2, 0.25) is 0 Å². The zero-order chi connectivity index (χ0) is 10.9. The Balaban J connectivity index is 3.28. The van der Waals surface area contributed by atoms with Crippen molar-refractivity contribution in [3.05, 3.63) is 21.6 Å². The van der Waals surface area contributed by atoms with Gasteiger partial charge in [0.25, 0.3) is 5.56 Å². The van der Waals surface area contributed by atoms with Crippen LogP contribution in [-0.2, 0) is 18.8 Å². The molecule has 0 spiro atoms. The van der Waals surface area contributed by atoms with E-state index in [4.69, 9.17) is 4.74 Å². The lowest BCUT2D eigenvalue weighted by Crippen LogP contribution is -2.21. The molecule has 0 aliphatic carbocycles. The number of rotatable bonds is 2. The van der Waals surface area contributed by atoms with Crippen LogP contribution in [0, 0.1) is 6.92 Å². The average Bonchev–Trinajstić information content (AvgIpc) is 2.32. The van der Waals surface area contributed by atoms with Crippen LogP contribution in [0.25, 0.3) is 0 Å². The summed E-state index contributed by atoms with van der Waals surface area (Å²) in [5.74, 6) is -0.550. The predicted molar refractivity (Wildman–Crippen MR) is 51.3 cm³/mol. The van der Waals surface area contributed by atoms with Crippen LogP contribution in [0.15, 0.2) is 4.79 Å². The molecule has 1 aromatic rings. The summed E-state index contributed by atoms with van der Waals surface area (Å²) in [4.78, 5) is 23.0. The summed E-state index contributed by atoms with van der Waals surface area (Å²) in [7, 11) is 3.33. The number of esters is 1. The third-order valence-corrected chi connectivity index (χ3v) is 2.28. The Hall–Kier alpha value is -1.52. The van der Waals surface area contributed by atoms with E-state index in [1.54, 1.807) is 32.6 Å². The summed E-state index contributed by atoms with van der Waals surface area (Å²) in [5, 5.41) is 0. The van der Waals surface area contributed by atoms with Crippen LogP contribution in [0.5, 0.6) is 0 Å². The van der Waals surface area contributed by atoms with Gasteiger partial charge in [0, 0.05) is 14.1 Å². The van der Waals surface area contributed by atoms with E-state index in [0.717, 1.165) is 0 Å². The molecule has 0 aromatic carbocycles. The lowest BCUT2D eigenvalue weighted by Gasteiger charge is -2.00. The number of hydrogen-bond acceptors (Lipinski definition) is 3. The Labute approximate surface area is 81.9 Å². The van der Waals surface area contributed by atoms with Crippen molar-refractivity contribution in [2.45, 2.75) is 13.8 Å². The van der Waals surface area contributed by atoms with Gasteiger partial charge in [-0.15, -0.1) is 0 Å². The standard InChI is InChI=1S/C9H14N2O3/c1-5-14-9(13)7-6(2)10(3)11(4)8(7)12/h5H2,1-4H3. The first-order chi connectivity index (χ1) is 6.50. The van der Waals surface area contributed by atoms with E-state index in [0.29, 0.717) is 5.69 Å². The summed E-state index contributed by atoms with van der Waals surface area (Å²) in [6.07, 6.45) is 0. The van der Waals surface area contributed by atoms with Gasteiger partial charge in [0.15, 0.2) is 0 Å². The van der Waals surface area contributed by atoms with Crippen molar-refractivity contribution in [3.63, 3.8) is 0 Å². The number of nitrogens with zero attached hydrogens (tertiary/aromatic N) is 2. The minimum absolute atomic E-state index is 0.122. The van der Waals surface area contributed by atoms with Crippen LogP contribution in [0.3, 0.4) is 0 Å². The molecule has 0 atom stereocenters. The van der Waals surface area contributed by atoms with Crippen molar-refractivity contribution in [1.29, 1.82) is 0 Å². The molecule has 1 heterocycles. The van der Waals surface area contributed by atoms with Crippen molar-refractivity contribution in [2.24, 2.45) is 14.1 Å². The number of carbonyl (C=O) groups excluding carboxylic acids is 1. The summed E-state index contributed by atoms with van der Waals surface area (Å²) in [5.41, 5.74) is 0.427. The van der Waals surface area contributed by atoms with Crippen molar-refractivity contribution >= 4 is 5.97 Å². The second kappa shape index (κ2) is 3.69. The highest BCUT2D eigenvalue weighted by Crippen LogP contribution is 2.03. The number of aromatic nitrogens is 2. The van der Waals surface area contributed by atoms with Crippen LogP contribution < -0.4 is 5.56 Å². The Kier molecular flexibility index (Phi) is 2.78. The smallest absolute Gasteiger partial charge is 0.345 e. The summed E-state index contributed by atoms with van der Waals surface area (Å²) < 4.78 is 7.79. The Morgan fingerprint density at radius 3 is 2.29 bits per heavy atom. The summed E-state index contributed by atoms with van der Waals surface area (Å²) >= 11 is 0. The van der Waals surface area contributed by atoms with Gasteiger partial charge in [-0.05, 0) is 13.8 Å². The highest BCUT2D eigenvalue weighted by atomic mass is 16.5. The molecule has 1 rings (SSSR count). The van der Waals surface area contributed by atoms with Crippen LogP contribution >= 0.6 is 0 Å². The maximum absolute atomic E-state index is 11.6. The van der Waals surface area contributed by atoms with Gasteiger partial charge < -0.3 is 4.74 Å². The van der Waals surface area contributed by atoms with Crippen molar-refractivity contribution < 1.29 is 9.53 Å². The zero-order valence-corrected chi connectivity index (χ0v) is 8.83. The first kappa shape index (κ1) is 10.6. The van der Waals surface area contributed by atoms with Gasteiger partial charge in [-0.1, -0.05) is 0 Å². The first-order valence-electron chi connectivity index (χ1n) is 4.40. The van der Waals surface area contributed by atoms with E-state index in [9.17, 15) is 9.59 Å². The molecule has 0 N–H and O–H groups in total. The van der Waals surface area contributed by atoms with Crippen molar-refractivity contribution in [2.75, 3.05) is 6.61 Å². The monoisotopic (exact) mass is 198 g/mol. The van der Waals surface area contributed by atoms with Gasteiger partial charge >= 0.3 is 5.97 Å². The molecule has 14 heavy (non-hydrogen) atoms. The lowest BCUT2D eigenvalue weighted by atomic mass is 10.2. The van der Waals surface area contributed by atoms with Crippen LogP contribution in [-0.4, -0.2) is 21.9 Å². The maximum Gasteiger partial charge on any atom is 0.345 e. The topological polar surface area (TPSA) is 53.2 Å². The minimum Gasteiger partial charge on any atom is -0.462 e. The third-order valence-electron chi connectivity index (χ3n) is 2.28. The molecule has 0 saturated heterocycles. The quantitative estimate of drug-likeness (QED) is 0.638. The van der Waals surface area contributed by atoms with Gasteiger partial charge in [-0.25, -0.2) is 4.79 Å². The van der Waals surface area contributed by atoms with E-state index in [-0.39, 0.29) is 17.7 Å². The fourth-order valence-electron chi connectivity index (χ4n) is 1.28. The Morgan fingerprint density at radius 2 is 1.93 bits per heavy atom. The number of ether oxygens (including phenoxy) is 1. The Bertz CT molecular complexity index is 414. The molecule has 0 unspecified atom stereocenters. The third kappa shape index (κ3) is 1.45. The SMILES string of the molecule is CCOC(=O)c1c(C)n(C)n(C)c1=O. The zero-order valence-electron chi connectivity index (χ0n) is 8.83. The van der Waals surface area contributed by atoms with Gasteiger partial charge in [-0.2, -0.15) is 0 Å². The number of carbonyl (C=O) groups is 1. The van der Waals surface area contributed by atoms with Crippen LogP contribution in [0.4, 0.5) is 0 Å². The van der Waals surface area contributed by atoms with Gasteiger partial charge in [0.05, 0.1) is 12.3 Å². The number of hydrogen-bond donors (Lipinski definition) is 0. The molecule has 0 aliphatic rings. The molecule has 0 radical (unpaired) electrons. The van der Waals surface area contributed by atoms with E-state index >= 15 is 0 Å². The molecule has 0 saturated carbocycles. The fraction of sp³-hybridized carbons (Fsp3) is 0.556. The van der Waals surface area contributed by atoms with Gasteiger partial charge in [0.1, 0.15) is 5.56 Å². The highest BCUT2D eigenvalue weighted by Gasteiger charge is 2.20. The van der Waals surface area contributed by atoms with Crippen molar-refractivity contribution in [3.8, 4) is 0 Å². The van der Waals surface area contributed by atoms with E-state index in [1.807, 2.05) is 0 Å². The molecule has 0 bridgehead atoms. The molecule has 0 amide bonds. The summed E-state index contributed by atoms with van der Waals surface area (Å²) in [6, 6.07) is 0. The predicted octanol–water partition coefficient (Wildman–Crippen LogP) is 0.209. The molecule has 1 aromatic heterocycles. The van der Waals surface area contributed by atoms with E-state index < -0.39 is 5.97 Å². The normalized spacial score (nSPS) is 10.3. The fourth-order valence-corrected chi connectivity index (χ4v) is 1.28.